The van der Waals surface area contributed by atoms with Gasteiger partial charge in [-0.05, 0) is 51.6 Å². The van der Waals surface area contributed by atoms with Crippen LogP contribution in [0.2, 0.25) is 0 Å². The molecule has 0 aliphatic rings. The lowest BCUT2D eigenvalue weighted by atomic mass is 9.80. The van der Waals surface area contributed by atoms with Gasteiger partial charge in [-0.1, -0.05) is 182 Å². The van der Waals surface area contributed by atoms with Gasteiger partial charge in [-0.15, -0.1) is 0 Å². The minimum absolute atomic E-state index is 0.0150. The molecule has 0 aliphatic carbocycles. The summed E-state index contributed by atoms with van der Waals surface area (Å²) in [5.41, 5.74) is -1.45. The summed E-state index contributed by atoms with van der Waals surface area (Å²) in [6, 6.07) is 56.7. The second-order valence-corrected chi connectivity index (χ2v) is 14.5. The van der Waals surface area contributed by atoms with E-state index in [1.165, 1.54) is 0 Å². The maximum atomic E-state index is 14.0. The van der Waals surface area contributed by atoms with Crippen molar-refractivity contribution in [2.24, 2.45) is 0 Å². The molecule has 2 unspecified atom stereocenters. The van der Waals surface area contributed by atoms with Crippen LogP contribution in [0.4, 0.5) is 26.3 Å². The van der Waals surface area contributed by atoms with Crippen molar-refractivity contribution in [1.29, 1.82) is 0 Å². The summed E-state index contributed by atoms with van der Waals surface area (Å²) >= 11 is 0. The van der Waals surface area contributed by atoms with Gasteiger partial charge in [0.15, 0.2) is 0 Å². The number of benzene rings is 7. The Hall–Kier alpha value is -5.32. The van der Waals surface area contributed by atoms with E-state index < -0.39 is 65.8 Å². The van der Waals surface area contributed by atoms with Crippen molar-refractivity contribution in [2.45, 2.75) is 23.6 Å². The van der Waals surface area contributed by atoms with E-state index in [1.807, 2.05) is 182 Å². The molecule has 0 spiro atoms. The van der Waals surface area contributed by atoms with E-state index in [2.05, 4.69) is 0 Å². The molecule has 7 aromatic carbocycles. The van der Waals surface area contributed by atoms with Crippen LogP contribution in [-0.4, -0.2) is 7.32 Å². The molecule has 0 heterocycles. The zero-order chi connectivity index (χ0) is 42.1. The van der Waals surface area contributed by atoms with Gasteiger partial charge in [-0.3, -0.25) is 0 Å². The monoisotopic (exact) mass is 854 g/mol. The molecular formula is C46H35BF6O5P2. The molecule has 14 heteroatoms. The van der Waals surface area contributed by atoms with Gasteiger partial charge in [0.2, 0.25) is 0 Å². The van der Waals surface area contributed by atoms with Gasteiger partial charge in [0.05, 0.1) is 11.1 Å². The molecule has 0 bridgehead atoms. The molecule has 304 valence electrons. The molecule has 5 nitrogen and oxygen atoms in total. The molecule has 0 N–H and O–H groups in total. The van der Waals surface area contributed by atoms with Gasteiger partial charge in [0, 0.05) is 0 Å². The lowest BCUT2D eigenvalue weighted by molar-refractivity contribution is -0.143. The van der Waals surface area contributed by atoms with Gasteiger partial charge >= 0.3 is 19.7 Å². The fraction of sp³-hybridized carbons (Fsp3) is 0.0870. The Morgan fingerprint density at radius 2 is 0.583 bits per heavy atom. The Kier molecular flexibility index (Phi) is 13.5. The Balaban J connectivity index is 1.27. The molecule has 0 saturated heterocycles. The summed E-state index contributed by atoms with van der Waals surface area (Å²) in [7, 11) is -3.87. The standard InChI is InChI=1S/C46H35BF6O5P2/c48-45(49,50)40-31-41(46(51,52)53)33-42(32-40)54-47(57-59-55-43(34-19-7-1-8-20-34,35-21-9-2-10-22-35)36-23-11-3-12-24-36)58-60-56-44(37-25-13-4-14-26-37,38-27-15-5-16-28-38)39-29-17-6-18-30-39/h1-33,59-60H. The predicted octanol–water partition coefficient (Wildman–Crippen LogP) is 13.2. The van der Waals surface area contributed by atoms with E-state index in [1.54, 1.807) is 0 Å². The van der Waals surface area contributed by atoms with Crippen molar-refractivity contribution in [1.82, 2.24) is 0 Å². The summed E-state index contributed by atoms with van der Waals surface area (Å²) in [5.74, 6) is -0.808. The van der Waals surface area contributed by atoms with Gasteiger partial charge in [-0.2, -0.15) is 26.3 Å². The van der Waals surface area contributed by atoms with E-state index in [4.69, 9.17) is 22.6 Å². The van der Waals surface area contributed by atoms with Crippen LogP contribution in [0.5, 0.6) is 5.75 Å². The quantitative estimate of drug-likeness (QED) is 0.0419. The molecular weight excluding hydrogens is 819 g/mol. The van der Waals surface area contributed by atoms with Crippen molar-refractivity contribution in [2.75, 3.05) is 0 Å². The van der Waals surface area contributed by atoms with Crippen LogP contribution in [0.15, 0.2) is 200 Å². The molecule has 0 fully saturated rings. The van der Waals surface area contributed by atoms with Crippen LogP contribution in [0.25, 0.3) is 0 Å². The average Bonchev–Trinajstić information content (AvgIpc) is 3.28. The number of rotatable bonds is 16. The summed E-state index contributed by atoms with van der Waals surface area (Å²) in [4.78, 5) is 0. The first-order valence-electron chi connectivity index (χ1n) is 18.5. The molecule has 60 heavy (non-hydrogen) atoms. The highest BCUT2D eigenvalue weighted by Crippen LogP contribution is 2.48. The van der Waals surface area contributed by atoms with Crippen LogP contribution >= 0.6 is 18.1 Å². The Morgan fingerprint density at radius 3 is 0.817 bits per heavy atom. The van der Waals surface area contributed by atoms with Crippen LogP contribution in [0, 0.1) is 0 Å². The number of hydrogen-bond acceptors (Lipinski definition) is 5. The zero-order valence-electron chi connectivity index (χ0n) is 31.4. The maximum absolute atomic E-state index is 14.0. The van der Waals surface area contributed by atoms with Crippen molar-refractivity contribution in [3.63, 3.8) is 0 Å². The Bertz CT molecular complexity index is 2040. The first-order valence-corrected chi connectivity index (χ1v) is 20.1. The molecule has 0 saturated carbocycles. The summed E-state index contributed by atoms with van der Waals surface area (Å²) in [6.45, 7) is 0. The van der Waals surface area contributed by atoms with Gasteiger partial charge in [0.25, 0.3) is 0 Å². The first kappa shape index (κ1) is 42.8. The van der Waals surface area contributed by atoms with Crippen molar-refractivity contribution in [3.8, 4) is 5.75 Å². The molecule has 2 atom stereocenters. The van der Waals surface area contributed by atoms with Gasteiger partial charge in [0.1, 0.15) is 35.0 Å². The number of alkyl halides is 6. The average molecular weight is 855 g/mol. The fourth-order valence-corrected chi connectivity index (χ4v) is 8.32. The minimum atomic E-state index is -5.13. The predicted molar refractivity (Wildman–Crippen MR) is 222 cm³/mol. The molecule has 7 aromatic rings. The topological polar surface area (TPSA) is 46.2 Å². The van der Waals surface area contributed by atoms with Crippen LogP contribution in [0.1, 0.15) is 44.5 Å². The number of hydrogen-bond donors (Lipinski definition) is 0. The summed E-state index contributed by atoms with van der Waals surface area (Å²) < 4.78 is 115. The van der Waals surface area contributed by atoms with Crippen molar-refractivity contribution < 1.29 is 48.9 Å². The van der Waals surface area contributed by atoms with E-state index in [0.717, 1.165) is 0 Å². The van der Waals surface area contributed by atoms with Crippen LogP contribution < -0.4 is 4.65 Å². The third-order valence-corrected chi connectivity index (χ3v) is 10.9. The zero-order valence-corrected chi connectivity index (χ0v) is 33.4. The lowest BCUT2D eigenvalue weighted by Gasteiger charge is -2.36. The Morgan fingerprint density at radius 1 is 0.333 bits per heavy atom. The third-order valence-electron chi connectivity index (χ3n) is 9.55. The molecule has 0 aromatic heterocycles. The normalized spacial score (nSPS) is 12.6. The summed E-state index contributed by atoms with van der Waals surface area (Å²) in [6.07, 6.45) is -10.3. The molecule has 0 amide bonds. The molecule has 0 radical (unpaired) electrons. The van der Waals surface area contributed by atoms with Crippen molar-refractivity contribution in [3.05, 3.63) is 245 Å². The highest BCUT2D eigenvalue weighted by atomic mass is 31.1. The molecule has 7 rings (SSSR count). The van der Waals surface area contributed by atoms with Gasteiger partial charge < -0.3 is 22.6 Å². The van der Waals surface area contributed by atoms with Crippen molar-refractivity contribution >= 4 is 25.4 Å². The lowest BCUT2D eigenvalue weighted by Crippen LogP contribution is -2.33. The van der Waals surface area contributed by atoms with E-state index >= 15 is 0 Å². The number of halogens is 6. The maximum Gasteiger partial charge on any atom is 0.722 e. The first-order chi connectivity index (χ1) is 29.0. The highest BCUT2D eigenvalue weighted by Gasteiger charge is 2.42. The molecule has 0 aliphatic heterocycles. The second-order valence-electron chi connectivity index (χ2n) is 13.3. The smallest absolute Gasteiger partial charge is 0.511 e. The minimum Gasteiger partial charge on any atom is -0.511 e. The third kappa shape index (κ3) is 9.66. The second kappa shape index (κ2) is 18.9. The Labute approximate surface area is 347 Å². The van der Waals surface area contributed by atoms with Gasteiger partial charge in [-0.25, -0.2) is 0 Å². The largest absolute Gasteiger partial charge is 0.722 e. The van der Waals surface area contributed by atoms with Crippen LogP contribution in [0.3, 0.4) is 0 Å². The van der Waals surface area contributed by atoms with Crippen LogP contribution in [-0.2, 0) is 41.5 Å². The SMILES string of the molecule is FC(F)(F)c1cc(OB(OPOC(c2ccccc2)(c2ccccc2)c2ccccc2)OPOC(c2ccccc2)(c2ccccc2)c2ccccc2)cc(C(F)(F)F)c1. The van der Waals surface area contributed by atoms with E-state index in [-0.39, 0.29) is 6.07 Å². The van der Waals surface area contributed by atoms with E-state index in [9.17, 15) is 26.3 Å². The van der Waals surface area contributed by atoms with E-state index in [0.29, 0.717) is 45.5 Å². The fourth-order valence-electron chi connectivity index (χ4n) is 6.82. The highest BCUT2D eigenvalue weighted by molar-refractivity contribution is 7.30. The summed E-state index contributed by atoms with van der Waals surface area (Å²) in [5, 5.41) is 0.